The average Bonchev–Trinajstić information content (AvgIpc) is 3.46. The minimum absolute atomic E-state index is 0.00978. The molecule has 1 fully saturated rings. The van der Waals surface area contributed by atoms with Gasteiger partial charge >= 0.3 is 19.6 Å². The Hall–Kier alpha value is -2.92. The largest absolute Gasteiger partial charge is 0.479 e. The fourth-order valence-corrected chi connectivity index (χ4v) is 6.75. The number of esters is 2. The van der Waals surface area contributed by atoms with Crippen LogP contribution in [0.2, 0.25) is 0 Å². The summed E-state index contributed by atoms with van der Waals surface area (Å²) in [6.07, 6.45) is -2.26. The highest BCUT2D eigenvalue weighted by molar-refractivity contribution is 7.54. The Kier molecular flexibility index (Phi) is 11.7. The molecule has 0 radical (unpaired) electrons. The van der Waals surface area contributed by atoms with Gasteiger partial charge in [0.1, 0.15) is 29.9 Å². The standard InChI is InChI=1S/C26H44N7O10P/c1-13(2)9-15(22(35)40-7)31-44(38,32-16(10-14(3)4)23(36)41-8)42-11-17-19(34)26(5,37)24(43-17)33-12-28-18-20(33)29-25(27)30-21(18)39-6/h12-17,19,24,34,37H,9-11H2,1-8H3,(H2,27,29,30)(H2,31,32,38)/t15?,16?,17-,19?,24-,26+,44?/m1/s1. The van der Waals surface area contributed by atoms with E-state index in [1.54, 1.807) is 0 Å². The zero-order valence-corrected chi connectivity index (χ0v) is 27.1. The lowest BCUT2D eigenvalue weighted by Gasteiger charge is -2.30. The number of nitrogens with two attached hydrogens (primary N) is 1. The minimum atomic E-state index is -4.28. The highest BCUT2D eigenvalue weighted by atomic mass is 31.2. The number of imidazole rings is 1. The van der Waals surface area contributed by atoms with E-state index in [1.807, 2.05) is 27.7 Å². The molecule has 0 bridgehead atoms. The number of anilines is 1. The molecule has 6 atom stereocenters. The quantitative estimate of drug-likeness (QED) is 0.134. The smallest absolute Gasteiger partial charge is 0.342 e. The summed E-state index contributed by atoms with van der Waals surface area (Å²) in [6.45, 7) is 8.27. The third kappa shape index (κ3) is 8.02. The van der Waals surface area contributed by atoms with Gasteiger partial charge in [-0.15, -0.1) is 0 Å². The number of rotatable bonds is 15. The summed E-state index contributed by atoms with van der Waals surface area (Å²) >= 11 is 0. The summed E-state index contributed by atoms with van der Waals surface area (Å²) in [5.74, 6) is -1.41. The molecule has 18 heteroatoms. The topological polar surface area (TPSA) is 232 Å². The van der Waals surface area contributed by atoms with Crippen molar-refractivity contribution in [3.8, 4) is 5.88 Å². The minimum Gasteiger partial charge on any atom is -0.479 e. The predicted octanol–water partition coefficient (Wildman–Crippen LogP) is 0.906. The molecule has 6 N–H and O–H groups in total. The molecule has 17 nitrogen and oxygen atoms in total. The summed E-state index contributed by atoms with van der Waals surface area (Å²) in [7, 11) is -0.496. The van der Waals surface area contributed by atoms with Crippen molar-refractivity contribution in [2.45, 2.75) is 83.6 Å². The Labute approximate surface area is 255 Å². The van der Waals surface area contributed by atoms with Gasteiger partial charge in [-0.05, 0) is 31.6 Å². The molecule has 248 valence electrons. The summed E-state index contributed by atoms with van der Waals surface area (Å²) in [6, 6.07) is -2.14. The molecule has 3 heterocycles. The number of aliphatic hydroxyl groups is 2. The van der Waals surface area contributed by atoms with Gasteiger partial charge in [0.2, 0.25) is 11.8 Å². The maximum Gasteiger partial charge on any atom is 0.342 e. The number of carbonyl (C=O) groups excluding carboxylic acids is 2. The highest BCUT2D eigenvalue weighted by Gasteiger charge is 2.54. The van der Waals surface area contributed by atoms with Gasteiger partial charge in [0.25, 0.3) is 0 Å². The van der Waals surface area contributed by atoms with E-state index < -0.39 is 62.3 Å². The van der Waals surface area contributed by atoms with E-state index in [2.05, 4.69) is 25.1 Å². The first-order valence-corrected chi connectivity index (χ1v) is 15.7. The lowest BCUT2D eigenvalue weighted by atomic mass is 9.96. The van der Waals surface area contributed by atoms with Crippen molar-refractivity contribution >= 4 is 36.7 Å². The van der Waals surface area contributed by atoms with E-state index in [4.69, 9.17) is 29.2 Å². The number of nitrogen functional groups attached to an aromatic ring is 1. The van der Waals surface area contributed by atoms with Crippen LogP contribution in [0.4, 0.5) is 5.95 Å². The number of hydrogen-bond acceptors (Lipinski definition) is 14. The molecule has 0 spiro atoms. The highest BCUT2D eigenvalue weighted by Crippen LogP contribution is 2.45. The molecule has 0 aliphatic carbocycles. The van der Waals surface area contributed by atoms with Gasteiger partial charge in [0.15, 0.2) is 17.4 Å². The molecular formula is C26H44N7O10P. The molecular weight excluding hydrogens is 601 g/mol. The molecule has 1 aliphatic heterocycles. The SMILES string of the molecule is COC(=O)C(CC(C)C)NP(=O)(NC(CC(C)C)C(=O)OC)OC[C@H]1O[C@@H](n2cnc3c(OC)nc(N)nc32)[C@@](C)(O)C1O. The van der Waals surface area contributed by atoms with Crippen LogP contribution >= 0.6 is 7.67 Å². The Balaban J connectivity index is 1.93. The van der Waals surface area contributed by atoms with Crippen molar-refractivity contribution in [3.63, 3.8) is 0 Å². The van der Waals surface area contributed by atoms with Gasteiger partial charge in [-0.2, -0.15) is 9.97 Å². The fourth-order valence-electron chi connectivity index (χ4n) is 4.93. The van der Waals surface area contributed by atoms with Crippen LogP contribution in [0.15, 0.2) is 6.33 Å². The summed E-state index contributed by atoms with van der Waals surface area (Å²) in [5.41, 5.74) is 4.32. The van der Waals surface area contributed by atoms with E-state index in [9.17, 15) is 24.4 Å². The van der Waals surface area contributed by atoms with Crippen LogP contribution in [0.25, 0.3) is 11.2 Å². The monoisotopic (exact) mass is 645 g/mol. The summed E-state index contributed by atoms with van der Waals surface area (Å²) in [5, 5.41) is 27.9. The van der Waals surface area contributed by atoms with E-state index >= 15 is 0 Å². The van der Waals surface area contributed by atoms with E-state index in [1.165, 1.54) is 39.1 Å². The molecule has 0 saturated carbocycles. The third-order valence-corrected chi connectivity index (χ3v) is 8.88. The van der Waals surface area contributed by atoms with Crippen LogP contribution in [0.3, 0.4) is 0 Å². The van der Waals surface area contributed by atoms with E-state index in [0.29, 0.717) is 0 Å². The van der Waals surface area contributed by atoms with Crippen LogP contribution in [0.5, 0.6) is 5.88 Å². The molecule has 2 aromatic heterocycles. The first kappa shape index (κ1) is 35.6. The molecule has 1 saturated heterocycles. The predicted molar refractivity (Wildman–Crippen MR) is 157 cm³/mol. The van der Waals surface area contributed by atoms with Crippen LogP contribution < -0.4 is 20.6 Å². The molecule has 0 amide bonds. The Bertz CT molecular complexity index is 1320. The molecule has 3 rings (SSSR count). The number of aliphatic hydroxyl groups excluding tert-OH is 1. The van der Waals surface area contributed by atoms with Gasteiger partial charge in [-0.1, -0.05) is 27.7 Å². The van der Waals surface area contributed by atoms with Crippen LogP contribution in [-0.4, -0.2) is 99.5 Å². The average molecular weight is 646 g/mol. The van der Waals surface area contributed by atoms with Crippen molar-refractivity contribution < 1.29 is 47.8 Å². The number of carbonyl (C=O) groups is 2. The van der Waals surface area contributed by atoms with Crippen molar-refractivity contribution in [1.82, 2.24) is 29.7 Å². The normalized spacial score (nSPS) is 24.8. The lowest BCUT2D eigenvalue weighted by molar-refractivity contribution is -0.143. The number of hydrogen-bond donors (Lipinski definition) is 5. The van der Waals surface area contributed by atoms with E-state index in [-0.39, 0.29) is 47.7 Å². The van der Waals surface area contributed by atoms with Gasteiger partial charge in [0, 0.05) is 0 Å². The van der Waals surface area contributed by atoms with Gasteiger partial charge < -0.3 is 39.4 Å². The second-order valence-electron chi connectivity index (χ2n) is 11.6. The number of aromatic nitrogens is 4. The Morgan fingerprint density at radius 3 is 2.11 bits per heavy atom. The molecule has 1 aliphatic rings. The third-order valence-electron chi connectivity index (χ3n) is 7.07. The summed E-state index contributed by atoms with van der Waals surface area (Å²) < 4.78 is 42.6. The fraction of sp³-hybridized carbons (Fsp3) is 0.731. The number of methoxy groups -OCH3 is 3. The second kappa shape index (κ2) is 14.5. The van der Waals surface area contributed by atoms with Crippen LogP contribution in [0, 0.1) is 11.8 Å². The molecule has 0 aromatic carbocycles. The molecule has 2 aromatic rings. The van der Waals surface area contributed by atoms with Crippen molar-refractivity contribution in [2.75, 3.05) is 33.7 Å². The Morgan fingerprint density at radius 2 is 1.64 bits per heavy atom. The zero-order valence-electron chi connectivity index (χ0n) is 26.2. The van der Waals surface area contributed by atoms with E-state index in [0.717, 1.165) is 0 Å². The van der Waals surface area contributed by atoms with Crippen LogP contribution in [0.1, 0.15) is 53.7 Å². The van der Waals surface area contributed by atoms with Crippen LogP contribution in [-0.2, 0) is 32.9 Å². The van der Waals surface area contributed by atoms with Gasteiger partial charge in [0.05, 0.1) is 34.3 Å². The second-order valence-corrected chi connectivity index (χ2v) is 13.5. The number of nitrogens with zero attached hydrogens (tertiary/aromatic N) is 4. The van der Waals surface area contributed by atoms with Gasteiger partial charge in [-0.3, -0.25) is 18.7 Å². The number of nitrogens with one attached hydrogen (secondary N) is 2. The van der Waals surface area contributed by atoms with Crippen molar-refractivity contribution in [1.29, 1.82) is 0 Å². The molecule has 44 heavy (non-hydrogen) atoms. The van der Waals surface area contributed by atoms with Crippen molar-refractivity contribution in [3.05, 3.63) is 6.33 Å². The van der Waals surface area contributed by atoms with Crippen molar-refractivity contribution in [2.24, 2.45) is 11.8 Å². The maximum absolute atomic E-state index is 14.3. The summed E-state index contributed by atoms with van der Waals surface area (Å²) in [4.78, 5) is 37.6. The first-order chi connectivity index (χ1) is 20.6. The maximum atomic E-state index is 14.3. The first-order valence-electron chi connectivity index (χ1n) is 14.1. The number of ether oxygens (including phenoxy) is 4. The molecule has 3 unspecified atom stereocenters. The van der Waals surface area contributed by atoms with Gasteiger partial charge in [-0.25, -0.2) is 15.2 Å². The lowest BCUT2D eigenvalue weighted by Crippen LogP contribution is -2.46. The zero-order chi connectivity index (χ0) is 33.0. The number of fused-ring (bicyclic) bond motifs is 1. The Morgan fingerprint density at radius 1 is 1.09 bits per heavy atom.